The lowest BCUT2D eigenvalue weighted by Gasteiger charge is -2.15. The smallest absolute Gasteiger partial charge is 0.203 e. The number of hydrogen-bond donors (Lipinski definition) is 2. The van der Waals surface area contributed by atoms with E-state index in [4.69, 9.17) is 0 Å². The molecule has 4 nitrogen and oxygen atoms in total. The van der Waals surface area contributed by atoms with Crippen molar-refractivity contribution in [2.24, 2.45) is 0 Å². The van der Waals surface area contributed by atoms with Crippen LogP contribution in [-0.2, 0) is 6.42 Å². The first kappa shape index (κ1) is 12.0. The van der Waals surface area contributed by atoms with Crippen LogP contribution in [0.5, 0.6) is 0 Å². The Kier molecular flexibility index (Phi) is 4.06. The van der Waals surface area contributed by atoms with Gasteiger partial charge >= 0.3 is 0 Å². The molecule has 2 N–H and O–H groups in total. The summed E-state index contributed by atoms with van der Waals surface area (Å²) in [5.41, 5.74) is 1.04. The molecule has 1 unspecified atom stereocenters. The third-order valence-corrected chi connectivity index (χ3v) is 3.15. The number of rotatable bonds is 5. The zero-order valence-electron chi connectivity index (χ0n) is 9.63. The first-order chi connectivity index (χ1) is 8.33. The van der Waals surface area contributed by atoms with Gasteiger partial charge in [0.05, 0.1) is 12.6 Å². The molecule has 0 fully saturated rings. The van der Waals surface area contributed by atoms with Gasteiger partial charge < -0.3 is 10.4 Å². The van der Waals surface area contributed by atoms with Crippen LogP contribution >= 0.6 is 11.5 Å². The summed E-state index contributed by atoms with van der Waals surface area (Å²) in [6.07, 6.45) is 0.827. The number of benzene rings is 1. The average Bonchev–Trinajstić information content (AvgIpc) is 2.84. The first-order valence-electron chi connectivity index (χ1n) is 5.58. The van der Waals surface area contributed by atoms with Crippen molar-refractivity contribution in [3.05, 3.63) is 41.7 Å². The third kappa shape index (κ3) is 3.01. The van der Waals surface area contributed by atoms with Crippen LogP contribution in [0.3, 0.4) is 0 Å². The predicted molar refractivity (Wildman–Crippen MR) is 69.2 cm³/mol. The normalized spacial score (nSPS) is 12.4. The number of aromatic nitrogens is 2. The molecule has 0 saturated heterocycles. The third-order valence-electron chi connectivity index (χ3n) is 2.47. The quantitative estimate of drug-likeness (QED) is 0.853. The number of aryl methyl sites for hydroxylation is 1. The Labute approximate surface area is 105 Å². The summed E-state index contributed by atoms with van der Waals surface area (Å²) in [6.45, 7) is 2.05. The van der Waals surface area contributed by atoms with Crippen molar-refractivity contribution in [1.82, 2.24) is 9.36 Å². The summed E-state index contributed by atoms with van der Waals surface area (Å²) in [6, 6.07) is 9.70. The molecule has 1 aromatic carbocycles. The van der Waals surface area contributed by atoms with Crippen molar-refractivity contribution >= 4 is 16.7 Å². The molecule has 90 valence electrons. The predicted octanol–water partition coefficient (Wildman–Crippen LogP) is 2.25. The highest BCUT2D eigenvalue weighted by Gasteiger charge is 2.12. The van der Waals surface area contributed by atoms with E-state index in [-0.39, 0.29) is 12.6 Å². The topological polar surface area (TPSA) is 58.0 Å². The summed E-state index contributed by atoms with van der Waals surface area (Å²) >= 11 is 1.33. The van der Waals surface area contributed by atoms with Gasteiger partial charge in [-0.1, -0.05) is 37.3 Å². The van der Waals surface area contributed by atoms with Gasteiger partial charge in [-0.3, -0.25) is 0 Å². The highest BCUT2D eigenvalue weighted by molar-refractivity contribution is 7.09. The minimum absolute atomic E-state index is 0.0328. The van der Waals surface area contributed by atoms with Gasteiger partial charge in [0.1, 0.15) is 5.82 Å². The Bertz CT molecular complexity index is 458. The standard InChI is InChI=1S/C12H15N3OS/c1-2-11-14-12(17-15-11)13-10(8-16)9-6-4-3-5-7-9/h3-7,10,16H,2,8H2,1H3,(H,13,14,15). The highest BCUT2D eigenvalue weighted by Crippen LogP contribution is 2.20. The Morgan fingerprint density at radius 3 is 2.71 bits per heavy atom. The van der Waals surface area contributed by atoms with Gasteiger partial charge in [0.2, 0.25) is 5.13 Å². The second-order valence-corrected chi connectivity index (χ2v) is 4.41. The molecule has 0 aliphatic carbocycles. The molecule has 0 aliphatic heterocycles. The largest absolute Gasteiger partial charge is 0.394 e. The lowest BCUT2D eigenvalue weighted by molar-refractivity contribution is 0.276. The van der Waals surface area contributed by atoms with E-state index in [1.165, 1.54) is 11.5 Å². The first-order valence-corrected chi connectivity index (χ1v) is 6.35. The molecule has 0 amide bonds. The molecular weight excluding hydrogens is 234 g/mol. The van der Waals surface area contributed by atoms with Crippen LogP contribution in [0.15, 0.2) is 30.3 Å². The number of aliphatic hydroxyl groups excluding tert-OH is 1. The van der Waals surface area contributed by atoms with Crippen LogP contribution in [0.4, 0.5) is 5.13 Å². The second-order valence-electron chi connectivity index (χ2n) is 3.66. The van der Waals surface area contributed by atoms with E-state index in [0.717, 1.165) is 22.9 Å². The molecule has 2 aromatic rings. The Morgan fingerprint density at radius 2 is 2.12 bits per heavy atom. The maximum Gasteiger partial charge on any atom is 0.203 e. The van der Waals surface area contributed by atoms with Crippen molar-refractivity contribution in [2.45, 2.75) is 19.4 Å². The Morgan fingerprint density at radius 1 is 1.35 bits per heavy atom. The molecule has 0 aliphatic rings. The van der Waals surface area contributed by atoms with Gasteiger partial charge in [-0.2, -0.15) is 4.37 Å². The van der Waals surface area contributed by atoms with E-state index in [1.54, 1.807) is 0 Å². The molecule has 0 saturated carbocycles. The summed E-state index contributed by atoms with van der Waals surface area (Å²) in [4.78, 5) is 4.33. The SMILES string of the molecule is CCc1nsc(NC(CO)c2ccccc2)n1. The van der Waals surface area contributed by atoms with Crippen molar-refractivity contribution in [3.8, 4) is 0 Å². The van der Waals surface area contributed by atoms with Crippen molar-refractivity contribution in [1.29, 1.82) is 0 Å². The van der Waals surface area contributed by atoms with Gasteiger partial charge in [0.25, 0.3) is 0 Å². The van der Waals surface area contributed by atoms with E-state index in [0.29, 0.717) is 0 Å². The number of aliphatic hydroxyl groups is 1. The highest BCUT2D eigenvalue weighted by atomic mass is 32.1. The van der Waals surface area contributed by atoms with Crippen LogP contribution in [0.25, 0.3) is 0 Å². The monoisotopic (exact) mass is 249 g/mol. The van der Waals surface area contributed by atoms with Crippen LogP contribution in [0.1, 0.15) is 24.4 Å². The molecule has 1 atom stereocenters. The molecule has 1 aromatic heterocycles. The fourth-order valence-electron chi connectivity index (χ4n) is 1.52. The molecule has 2 rings (SSSR count). The summed E-state index contributed by atoms with van der Waals surface area (Å²) in [7, 11) is 0. The second kappa shape index (κ2) is 5.75. The molecule has 1 heterocycles. The zero-order chi connectivity index (χ0) is 12.1. The lowest BCUT2D eigenvalue weighted by Crippen LogP contribution is -2.14. The number of hydrogen-bond acceptors (Lipinski definition) is 5. The maximum absolute atomic E-state index is 9.40. The van der Waals surface area contributed by atoms with Gasteiger partial charge in [-0.25, -0.2) is 4.98 Å². The van der Waals surface area contributed by atoms with E-state index in [9.17, 15) is 5.11 Å². The van der Waals surface area contributed by atoms with Crippen molar-refractivity contribution < 1.29 is 5.11 Å². The van der Waals surface area contributed by atoms with Crippen molar-refractivity contribution in [3.63, 3.8) is 0 Å². The van der Waals surface area contributed by atoms with Crippen LogP contribution < -0.4 is 5.32 Å². The van der Waals surface area contributed by atoms with E-state index >= 15 is 0 Å². The molecule has 0 bridgehead atoms. The summed E-state index contributed by atoms with van der Waals surface area (Å²) < 4.78 is 4.20. The van der Waals surface area contributed by atoms with Crippen LogP contribution in [0, 0.1) is 0 Å². The number of nitrogens with zero attached hydrogens (tertiary/aromatic N) is 2. The van der Waals surface area contributed by atoms with Crippen LogP contribution in [-0.4, -0.2) is 21.1 Å². The minimum atomic E-state index is -0.131. The minimum Gasteiger partial charge on any atom is -0.394 e. The Balaban J connectivity index is 2.10. The van der Waals surface area contributed by atoms with Gasteiger partial charge in [0, 0.05) is 18.0 Å². The van der Waals surface area contributed by atoms with Gasteiger partial charge in [0.15, 0.2) is 0 Å². The number of anilines is 1. The van der Waals surface area contributed by atoms with Gasteiger partial charge in [-0.05, 0) is 5.56 Å². The van der Waals surface area contributed by atoms with E-state index in [2.05, 4.69) is 14.7 Å². The maximum atomic E-state index is 9.40. The molecular formula is C12H15N3OS. The van der Waals surface area contributed by atoms with Crippen molar-refractivity contribution in [2.75, 3.05) is 11.9 Å². The van der Waals surface area contributed by atoms with E-state index in [1.807, 2.05) is 37.3 Å². The van der Waals surface area contributed by atoms with Gasteiger partial charge in [-0.15, -0.1) is 0 Å². The van der Waals surface area contributed by atoms with Crippen LogP contribution in [0.2, 0.25) is 0 Å². The molecule has 5 heteroatoms. The van der Waals surface area contributed by atoms with E-state index < -0.39 is 0 Å². The lowest BCUT2D eigenvalue weighted by atomic mass is 10.1. The molecule has 0 radical (unpaired) electrons. The zero-order valence-corrected chi connectivity index (χ0v) is 10.4. The Hall–Kier alpha value is -1.46. The molecule has 0 spiro atoms. The summed E-state index contributed by atoms with van der Waals surface area (Å²) in [5, 5.41) is 13.3. The summed E-state index contributed by atoms with van der Waals surface area (Å²) in [5.74, 6) is 0.835. The fraction of sp³-hybridized carbons (Fsp3) is 0.333. The number of nitrogens with one attached hydrogen (secondary N) is 1. The molecule has 17 heavy (non-hydrogen) atoms. The fourth-order valence-corrected chi connectivity index (χ4v) is 2.23. The average molecular weight is 249 g/mol.